The van der Waals surface area contributed by atoms with Gasteiger partial charge in [-0.05, 0) is 37.1 Å². The van der Waals surface area contributed by atoms with Gasteiger partial charge in [-0.15, -0.1) is 0 Å². The monoisotopic (exact) mass is 383 g/mol. The Morgan fingerprint density at radius 2 is 1.88 bits per heavy atom. The summed E-state index contributed by atoms with van der Waals surface area (Å²) in [5.41, 5.74) is 1.97. The molecule has 0 atom stereocenters. The highest BCUT2D eigenvalue weighted by atomic mass is 32.2. The average Bonchev–Trinajstić information content (AvgIpc) is 2.64. The number of hydrogen-bond donors (Lipinski definition) is 1. The van der Waals surface area contributed by atoms with Crippen LogP contribution in [0.1, 0.15) is 17.5 Å². The van der Waals surface area contributed by atoms with Crippen molar-refractivity contribution in [3.63, 3.8) is 0 Å². The summed E-state index contributed by atoms with van der Waals surface area (Å²) in [6.45, 7) is 7.39. The molecule has 0 saturated carbocycles. The Labute approximate surface area is 156 Å². The van der Waals surface area contributed by atoms with Crippen LogP contribution in [0.2, 0.25) is 0 Å². The van der Waals surface area contributed by atoms with Crippen LogP contribution < -0.4 is 5.32 Å². The molecule has 1 aliphatic heterocycles. The van der Waals surface area contributed by atoms with E-state index in [9.17, 15) is 13.2 Å². The number of sulfonamides is 1. The molecule has 7 nitrogen and oxygen atoms in total. The number of carbonyl (C=O) groups excluding carboxylic acids is 1. The van der Waals surface area contributed by atoms with Crippen molar-refractivity contribution in [2.75, 3.05) is 53.0 Å². The van der Waals surface area contributed by atoms with Crippen LogP contribution >= 0.6 is 0 Å². The number of aryl methyl sites for hydroxylation is 2. The number of nitrogens with one attached hydrogen (secondary N) is 1. The molecule has 1 amide bonds. The van der Waals surface area contributed by atoms with Crippen LogP contribution in [0.25, 0.3) is 0 Å². The van der Waals surface area contributed by atoms with Gasteiger partial charge in [0.15, 0.2) is 0 Å². The molecule has 0 radical (unpaired) electrons. The first-order chi connectivity index (χ1) is 12.4. The first kappa shape index (κ1) is 20.8. The van der Waals surface area contributed by atoms with Crippen molar-refractivity contribution in [1.82, 2.24) is 14.5 Å². The number of benzene rings is 1. The molecular weight excluding hydrogens is 354 g/mol. The summed E-state index contributed by atoms with van der Waals surface area (Å²) >= 11 is 0. The van der Waals surface area contributed by atoms with Crippen molar-refractivity contribution >= 4 is 15.9 Å². The number of nitrogens with zero attached hydrogens (tertiary/aromatic N) is 2. The minimum atomic E-state index is -3.67. The summed E-state index contributed by atoms with van der Waals surface area (Å²) in [6.07, 6.45) is 0.174. The Hall–Kier alpha value is -1.48. The van der Waals surface area contributed by atoms with Gasteiger partial charge in [0.1, 0.15) is 0 Å². The highest BCUT2D eigenvalue weighted by Gasteiger charge is 2.26. The predicted octanol–water partition coefficient (Wildman–Crippen LogP) is 0.762. The largest absolute Gasteiger partial charge is 0.383 e. The minimum Gasteiger partial charge on any atom is -0.383 e. The number of rotatable bonds is 8. The van der Waals surface area contributed by atoms with E-state index in [0.717, 1.165) is 24.2 Å². The van der Waals surface area contributed by atoms with Gasteiger partial charge in [-0.3, -0.25) is 4.79 Å². The molecule has 1 aromatic rings. The van der Waals surface area contributed by atoms with Crippen molar-refractivity contribution in [3.8, 4) is 0 Å². The Morgan fingerprint density at radius 1 is 1.19 bits per heavy atom. The fourth-order valence-corrected chi connectivity index (χ4v) is 4.37. The molecule has 146 valence electrons. The van der Waals surface area contributed by atoms with Crippen LogP contribution in [0.4, 0.5) is 0 Å². The minimum absolute atomic E-state index is 0.01000. The van der Waals surface area contributed by atoms with Gasteiger partial charge in [0.25, 0.3) is 0 Å². The lowest BCUT2D eigenvalue weighted by atomic mass is 10.1. The summed E-state index contributed by atoms with van der Waals surface area (Å²) in [7, 11) is -2.13. The maximum atomic E-state index is 13.0. The first-order valence-corrected chi connectivity index (χ1v) is 10.3. The Morgan fingerprint density at radius 3 is 2.50 bits per heavy atom. The average molecular weight is 384 g/mol. The molecule has 1 fully saturated rings. The fraction of sp³-hybridized carbons (Fsp3) is 0.611. The molecule has 1 N–H and O–H groups in total. The van der Waals surface area contributed by atoms with Crippen LogP contribution in [0.5, 0.6) is 0 Å². The summed E-state index contributed by atoms with van der Waals surface area (Å²) in [5.74, 6) is -0.01000. The van der Waals surface area contributed by atoms with Gasteiger partial charge in [0.05, 0.1) is 11.5 Å². The molecule has 1 heterocycles. The SMILES string of the molecule is COCCN(CCC(=O)N1CCNCC1)S(=O)(=O)c1ccc(C)c(C)c1. The molecule has 0 unspecified atom stereocenters. The molecule has 0 spiro atoms. The van der Waals surface area contributed by atoms with Gasteiger partial charge < -0.3 is 15.0 Å². The van der Waals surface area contributed by atoms with E-state index in [-0.39, 0.29) is 36.9 Å². The number of methoxy groups -OCH3 is 1. The lowest BCUT2D eigenvalue weighted by Gasteiger charge is -2.28. The lowest BCUT2D eigenvalue weighted by Crippen LogP contribution is -2.47. The maximum absolute atomic E-state index is 13.0. The second kappa shape index (κ2) is 9.45. The molecule has 0 aliphatic carbocycles. The Bertz CT molecular complexity index is 715. The number of carbonyl (C=O) groups is 1. The molecule has 0 aromatic heterocycles. The topological polar surface area (TPSA) is 79.0 Å². The zero-order chi connectivity index (χ0) is 19.2. The van der Waals surface area contributed by atoms with Crippen LogP contribution in [-0.2, 0) is 19.6 Å². The van der Waals surface area contributed by atoms with Crippen molar-refractivity contribution in [2.24, 2.45) is 0 Å². The lowest BCUT2D eigenvalue weighted by molar-refractivity contribution is -0.131. The second-order valence-electron chi connectivity index (χ2n) is 6.52. The van der Waals surface area contributed by atoms with Gasteiger partial charge in [-0.25, -0.2) is 8.42 Å². The van der Waals surface area contributed by atoms with E-state index in [1.807, 2.05) is 19.9 Å². The van der Waals surface area contributed by atoms with Crippen molar-refractivity contribution in [3.05, 3.63) is 29.3 Å². The Kier molecular flexibility index (Phi) is 7.57. The third kappa shape index (κ3) is 5.26. The molecule has 2 rings (SSSR count). The summed E-state index contributed by atoms with van der Waals surface area (Å²) in [4.78, 5) is 14.4. The van der Waals surface area contributed by atoms with E-state index in [1.165, 1.54) is 11.4 Å². The third-order valence-corrected chi connectivity index (χ3v) is 6.60. The van der Waals surface area contributed by atoms with E-state index < -0.39 is 10.0 Å². The van der Waals surface area contributed by atoms with Crippen LogP contribution in [0, 0.1) is 13.8 Å². The van der Waals surface area contributed by atoms with Gasteiger partial charge in [0.2, 0.25) is 15.9 Å². The molecule has 0 bridgehead atoms. The van der Waals surface area contributed by atoms with Gasteiger partial charge in [-0.1, -0.05) is 6.07 Å². The van der Waals surface area contributed by atoms with Gasteiger partial charge in [-0.2, -0.15) is 4.31 Å². The third-order valence-electron chi connectivity index (χ3n) is 4.71. The van der Waals surface area contributed by atoms with Crippen molar-refractivity contribution < 1.29 is 17.9 Å². The number of hydrogen-bond acceptors (Lipinski definition) is 5. The zero-order valence-electron chi connectivity index (χ0n) is 15.8. The quantitative estimate of drug-likeness (QED) is 0.717. The fourth-order valence-electron chi connectivity index (χ4n) is 2.86. The van der Waals surface area contributed by atoms with Crippen molar-refractivity contribution in [1.29, 1.82) is 0 Å². The first-order valence-electron chi connectivity index (χ1n) is 8.91. The highest BCUT2D eigenvalue weighted by Crippen LogP contribution is 2.19. The number of ether oxygens (including phenoxy) is 1. The molecule has 1 aliphatic rings. The van der Waals surface area contributed by atoms with Crippen LogP contribution in [-0.4, -0.2) is 76.5 Å². The maximum Gasteiger partial charge on any atom is 0.243 e. The van der Waals surface area contributed by atoms with Gasteiger partial charge in [0, 0.05) is 52.8 Å². The van der Waals surface area contributed by atoms with E-state index in [0.29, 0.717) is 13.1 Å². The van der Waals surface area contributed by atoms with Crippen LogP contribution in [0.15, 0.2) is 23.1 Å². The Balaban J connectivity index is 2.11. The summed E-state index contributed by atoms with van der Waals surface area (Å²) < 4.78 is 32.5. The van der Waals surface area contributed by atoms with E-state index in [2.05, 4.69) is 5.32 Å². The number of amides is 1. The standard InChI is InChI=1S/C18H29N3O4S/c1-15-4-5-17(14-16(15)2)26(23,24)21(12-13-25-3)9-6-18(22)20-10-7-19-8-11-20/h4-5,14,19H,6-13H2,1-3H3. The molecule has 26 heavy (non-hydrogen) atoms. The molecule has 8 heteroatoms. The van der Waals surface area contributed by atoms with E-state index in [4.69, 9.17) is 4.74 Å². The molecular formula is C18H29N3O4S. The molecule has 1 aromatic carbocycles. The summed E-state index contributed by atoms with van der Waals surface area (Å²) in [6, 6.07) is 5.11. The van der Waals surface area contributed by atoms with Gasteiger partial charge >= 0.3 is 0 Å². The second-order valence-corrected chi connectivity index (χ2v) is 8.46. The van der Waals surface area contributed by atoms with E-state index in [1.54, 1.807) is 17.0 Å². The van der Waals surface area contributed by atoms with Crippen molar-refractivity contribution in [2.45, 2.75) is 25.2 Å². The van der Waals surface area contributed by atoms with E-state index >= 15 is 0 Å². The zero-order valence-corrected chi connectivity index (χ0v) is 16.6. The van der Waals surface area contributed by atoms with Crippen LogP contribution in [0.3, 0.4) is 0 Å². The molecule has 1 saturated heterocycles. The smallest absolute Gasteiger partial charge is 0.243 e. The predicted molar refractivity (Wildman–Crippen MR) is 101 cm³/mol. The number of piperazine rings is 1. The highest BCUT2D eigenvalue weighted by molar-refractivity contribution is 7.89. The normalized spacial score (nSPS) is 15.5. The summed E-state index contributed by atoms with van der Waals surface area (Å²) in [5, 5.41) is 3.20.